The lowest BCUT2D eigenvalue weighted by Gasteiger charge is -2.15. The number of aliphatic carboxylic acids is 1. The fourth-order valence-corrected chi connectivity index (χ4v) is 1.57. The van der Waals surface area contributed by atoms with Crippen molar-refractivity contribution in [3.63, 3.8) is 0 Å². The van der Waals surface area contributed by atoms with Crippen LogP contribution < -0.4 is 4.74 Å². The molecule has 0 amide bonds. The van der Waals surface area contributed by atoms with Gasteiger partial charge in [-0.2, -0.15) is 0 Å². The molecule has 6 heteroatoms. The minimum absolute atomic E-state index is 0.308. The summed E-state index contributed by atoms with van der Waals surface area (Å²) >= 11 is 5.97. The van der Waals surface area contributed by atoms with E-state index in [9.17, 15) is 9.59 Å². The van der Waals surface area contributed by atoms with E-state index in [1.54, 1.807) is 18.2 Å². The van der Waals surface area contributed by atoms with Gasteiger partial charge in [-0.15, -0.1) is 0 Å². The number of carbonyl (C=O) groups is 2. The normalized spacial score (nSPS) is 12.2. The molecule has 0 saturated carbocycles. The highest BCUT2D eigenvalue weighted by molar-refractivity contribution is 6.32. The van der Waals surface area contributed by atoms with E-state index in [2.05, 4.69) is 4.74 Å². The van der Waals surface area contributed by atoms with Crippen LogP contribution in [0.3, 0.4) is 0 Å². The summed E-state index contributed by atoms with van der Waals surface area (Å²) < 4.78 is 9.95. The van der Waals surface area contributed by atoms with Crippen LogP contribution in [0.15, 0.2) is 24.3 Å². The molecule has 0 heterocycles. The Hall–Kier alpha value is -2.01. The summed E-state index contributed by atoms with van der Waals surface area (Å²) in [4.78, 5) is 21.8. The number of hydrogen-bond acceptors (Lipinski definition) is 4. The molecule has 0 aliphatic carbocycles. The average molecular weight is 285 g/mol. The summed E-state index contributed by atoms with van der Waals surface area (Å²) in [7, 11) is 1.26. The number of hydrogen-bond donors (Lipinski definition) is 1. The van der Waals surface area contributed by atoms with Crippen LogP contribution in [0.25, 0.3) is 6.08 Å². The number of halogens is 1. The largest absolute Gasteiger partial charge is 0.478 e. The van der Waals surface area contributed by atoms with E-state index in [1.165, 1.54) is 20.1 Å². The molecular weight excluding hydrogens is 272 g/mol. The number of benzene rings is 1. The van der Waals surface area contributed by atoms with Gasteiger partial charge in [0, 0.05) is 11.6 Å². The lowest BCUT2D eigenvalue weighted by Crippen LogP contribution is -2.25. The molecular formula is C13H13ClO5. The second-order valence-electron chi connectivity index (χ2n) is 3.61. The van der Waals surface area contributed by atoms with Crippen molar-refractivity contribution < 1.29 is 24.2 Å². The van der Waals surface area contributed by atoms with Gasteiger partial charge >= 0.3 is 11.9 Å². The highest BCUT2D eigenvalue weighted by Crippen LogP contribution is 2.28. The van der Waals surface area contributed by atoms with Gasteiger partial charge in [0.05, 0.1) is 12.1 Å². The number of carboxylic acid groups (broad SMARTS) is 1. The zero-order valence-corrected chi connectivity index (χ0v) is 11.2. The Morgan fingerprint density at radius 1 is 1.42 bits per heavy atom. The van der Waals surface area contributed by atoms with E-state index in [0.29, 0.717) is 16.3 Å². The molecule has 1 N–H and O–H groups in total. The first-order chi connectivity index (χ1) is 8.95. The van der Waals surface area contributed by atoms with Crippen LogP contribution in [0.4, 0.5) is 0 Å². The first kappa shape index (κ1) is 15.0. The molecule has 0 saturated heterocycles. The fourth-order valence-electron chi connectivity index (χ4n) is 1.34. The average Bonchev–Trinajstić information content (AvgIpc) is 2.36. The van der Waals surface area contributed by atoms with Crippen molar-refractivity contribution in [2.75, 3.05) is 7.11 Å². The molecule has 0 aliphatic heterocycles. The molecule has 1 unspecified atom stereocenters. The topological polar surface area (TPSA) is 72.8 Å². The molecule has 0 bridgehead atoms. The van der Waals surface area contributed by atoms with Crippen molar-refractivity contribution >= 4 is 29.6 Å². The van der Waals surface area contributed by atoms with Gasteiger partial charge in [-0.05, 0) is 25.1 Å². The van der Waals surface area contributed by atoms with E-state index in [4.69, 9.17) is 21.4 Å². The van der Waals surface area contributed by atoms with Crippen LogP contribution in [-0.2, 0) is 14.3 Å². The molecule has 1 atom stereocenters. The molecule has 1 aromatic rings. The number of carboxylic acids is 1. The van der Waals surface area contributed by atoms with Crippen LogP contribution in [-0.4, -0.2) is 30.3 Å². The van der Waals surface area contributed by atoms with Crippen LogP contribution in [0, 0.1) is 0 Å². The van der Waals surface area contributed by atoms with Gasteiger partial charge in [0.15, 0.2) is 6.10 Å². The Bertz CT molecular complexity index is 510. The first-order valence-corrected chi connectivity index (χ1v) is 5.77. The highest BCUT2D eigenvalue weighted by Gasteiger charge is 2.17. The number of methoxy groups -OCH3 is 1. The fraction of sp³-hybridized carbons (Fsp3) is 0.231. The molecule has 0 radical (unpaired) electrons. The molecule has 0 aromatic heterocycles. The Labute approximate surface area is 115 Å². The third-order valence-electron chi connectivity index (χ3n) is 2.24. The SMILES string of the molecule is COC(=O)C(C)Oc1cccc(Cl)c1/C=C/C(=O)O. The third kappa shape index (κ3) is 4.30. The molecule has 1 aromatic carbocycles. The van der Waals surface area contributed by atoms with Gasteiger partial charge < -0.3 is 14.6 Å². The summed E-state index contributed by atoms with van der Waals surface area (Å²) in [6.07, 6.45) is 1.43. The Morgan fingerprint density at radius 3 is 2.68 bits per heavy atom. The summed E-state index contributed by atoms with van der Waals surface area (Å²) in [5, 5.41) is 8.95. The van der Waals surface area contributed by atoms with Crippen LogP contribution >= 0.6 is 11.6 Å². The van der Waals surface area contributed by atoms with Crippen LogP contribution in [0.2, 0.25) is 5.02 Å². The van der Waals surface area contributed by atoms with E-state index in [0.717, 1.165) is 6.08 Å². The molecule has 0 aliphatic rings. The maximum atomic E-state index is 11.3. The molecule has 5 nitrogen and oxygen atoms in total. The molecule has 0 fully saturated rings. The highest BCUT2D eigenvalue weighted by atomic mass is 35.5. The Balaban J connectivity index is 3.03. The predicted octanol–water partition coefficient (Wildman–Crippen LogP) is 2.38. The lowest BCUT2D eigenvalue weighted by atomic mass is 10.2. The summed E-state index contributed by atoms with van der Waals surface area (Å²) in [6.45, 7) is 1.53. The Morgan fingerprint density at radius 2 is 2.11 bits per heavy atom. The summed E-state index contributed by atoms with van der Waals surface area (Å²) in [6, 6.07) is 4.82. The minimum atomic E-state index is -1.10. The second-order valence-corrected chi connectivity index (χ2v) is 4.01. The second kappa shape index (κ2) is 6.80. The van der Waals surface area contributed by atoms with Crippen molar-refractivity contribution in [1.29, 1.82) is 0 Å². The predicted molar refractivity (Wildman–Crippen MR) is 70.2 cm³/mol. The smallest absolute Gasteiger partial charge is 0.346 e. The van der Waals surface area contributed by atoms with Gasteiger partial charge in [0.1, 0.15) is 5.75 Å². The summed E-state index contributed by atoms with van der Waals surface area (Å²) in [5.41, 5.74) is 0.391. The molecule has 102 valence electrons. The van der Waals surface area contributed by atoms with Gasteiger partial charge in [0.25, 0.3) is 0 Å². The zero-order chi connectivity index (χ0) is 14.4. The lowest BCUT2D eigenvalue weighted by molar-refractivity contribution is -0.147. The quantitative estimate of drug-likeness (QED) is 0.664. The van der Waals surface area contributed by atoms with Crippen molar-refractivity contribution in [2.24, 2.45) is 0 Å². The third-order valence-corrected chi connectivity index (χ3v) is 2.57. The Kier molecular flexibility index (Phi) is 5.38. The van der Waals surface area contributed by atoms with Crippen molar-refractivity contribution in [3.05, 3.63) is 34.9 Å². The zero-order valence-electron chi connectivity index (χ0n) is 10.4. The number of esters is 1. The van der Waals surface area contributed by atoms with E-state index >= 15 is 0 Å². The molecule has 19 heavy (non-hydrogen) atoms. The monoisotopic (exact) mass is 284 g/mol. The van der Waals surface area contributed by atoms with Gasteiger partial charge in [-0.1, -0.05) is 17.7 Å². The maximum Gasteiger partial charge on any atom is 0.346 e. The van der Waals surface area contributed by atoms with Gasteiger partial charge in [-0.25, -0.2) is 9.59 Å². The van der Waals surface area contributed by atoms with Crippen molar-refractivity contribution in [3.8, 4) is 5.75 Å². The van der Waals surface area contributed by atoms with E-state index in [1.807, 2.05) is 0 Å². The number of carbonyl (C=O) groups excluding carboxylic acids is 1. The van der Waals surface area contributed by atoms with E-state index < -0.39 is 18.0 Å². The summed E-state index contributed by atoms with van der Waals surface area (Å²) in [5.74, 6) is -1.33. The van der Waals surface area contributed by atoms with Gasteiger partial charge in [-0.3, -0.25) is 0 Å². The maximum absolute atomic E-state index is 11.3. The minimum Gasteiger partial charge on any atom is -0.478 e. The van der Waals surface area contributed by atoms with E-state index in [-0.39, 0.29) is 0 Å². The molecule has 0 spiro atoms. The molecule has 1 rings (SSSR count). The van der Waals surface area contributed by atoms with Gasteiger partial charge in [0.2, 0.25) is 0 Å². The first-order valence-electron chi connectivity index (χ1n) is 5.39. The van der Waals surface area contributed by atoms with Crippen molar-refractivity contribution in [1.82, 2.24) is 0 Å². The standard InChI is InChI=1S/C13H13ClO5/c1-8(13(17)18-2)19-11-5-3-4-10(14)9(11)6-7-12(15)16/h3-8H,1-2H3,(H,15,16)/b7-6+. The van der Waals surface area contributed by atoms with Crippen molar-refractivity contribution in [2.45, 2.75) is 13.0 Å². The van der Waals surface area contributed by atoms with Crippen LogP contribution in [0.5, 0.6) is 5.75 Å². The number of ether oxygens (including phenoxy) is 2. The number of rotatable bonds is 5. The van der Waals surface area contributed by atoms with Crippen LogP contribution in [0.1, 0.15) is 12.5 Å².